The van der Waals surface area contributed by atoms with Crippen molar-refractivity contribution in [1.29, 1.82) is 0 Å². The van der Waals surface area contributed by atoms with E-state index in [-0.39, 0.29) is 18.3 Å². The van der Waals surface area contributed by atoms with Crippen LogP contribution >= 0.6 is 11.6 Å². The van der Waals surface area contributed by atoms with Gasteiger partial charge < -0.3 is 4.74 Å². The summed E-state index contributed by atoms with van der Waals surface area (Å²) in [6.07, 6.45) is 1.69. The number of hydrogen-bond acceptors (Lipinski definition) is 3. The Morgan fingerprint density at radius 2 is 1.96 bits per heavy atom. The molecule has 2 aromatic carbocycles. The fourth-order valence-corrected chi connectivity index (χ4v) is 3.54. The first-order chi connectivity index (χ1) is 13.1. The maximum atomic E-state index is 14.0. The van der Waals surface area contributed by atoms with Gasteiger partial charge in [-0.2, -0.15) is 0 Å². The van der Waals surface area contributed by atoms with E-state index in [0.29, 0.717) is 44.2 Å². The Labute approximate surface area is 158 Å². The van der Waals surface area contributed by atoms with E-state index in [4.69, 9.17) is 16.3 Å². The van der Waals surface area contributed by atoms with Gasteiger partial charge >= 0.3 is 0 Å². The maximum Gasteiger partial charge on any atom is 0.268 e. The van der Waals surface area contributed by atoms with E-state index in [9.17, 15) is 9.18 Å². The Kier molecular flexibility index (Phi) is 3.52. The minimum atomic E-state index is -0.354. The van der Waals surface area contributed by atoms with Gasteiger partial charge in [-0.1, -0.05) is 29.8 Å². The standard InChI is InChI=1S/C21H12ClFN2O2/c22-13-7-8-14-16(10-13)24-19-17-6-3-9-25(17)21(26)18(19)20(14)27-11-12-4-1-2-5-15(12)23/h1-10H,11H2. The molecule has 0 amide bonds. The van der Waals surface area contributed by atoms with Crippen molar-refractivity contribution in [3.8, 4) is 17.1 Å². The van der Waals surface area contributed by atoms with E-state index in [1.807, 2.05) is 6.07 Å². The first-order valence-corrected chi connectivity index (χ1v) is 8.73. The molecule has 0 saturated carbocycles. The third kappa shape index (κ3) is 2.43. The monoisotopic (exact) mass is 378 g/mol. The number of nitrogens with zero attached hydrogens (tertiary/aromatic N) is 2. The van der Waals surface area contributed by atoms with E-state index in [0.717, 1.165) is 0 Å². The van der Waals surface area contributed by atoms with Crippen molar-refractivity contribution in [2.75, 3.05) is 0 Å². The number of rotatable bonds is 3. The maximum absolute atomic E-state index is 14.0. The van der Waals surface area contributed by atoms with Gasteiger partial charge in [0.2, 0.25) is 0 Å². The summed E-state index contributed by atoms with van der Waals surface area (Å²) in [5, 5.41) is 1.20. The van der Waals surface area contributed by atoms with Crippen molar-refractivity contribution in [1.82, 2.24) is 9.55 Å². The molecule has 4 aromatic rings. The highest BCUT2D eigenvalue weighted by molar-refractivity contribution is 6.31. The average molecular weight is 379 g/mol. The van der Waals surface area contributed by atoms with Crippen LogP contribution in [0.5, 0.6) is 5.75 Å². The fourth-order valence-electron chi connectivity index (χ4n) is 3.38. The highest BCUT2D eigenvalue weighted by Gasteiger charge is 2.32. The van der Waals surface area contributed by atoms with Gasteiger partial charge in [-0.05, 0) is 36.4 Å². The Hall–Kier alpha value is -3.18. The van der Waals surface area contributed by atoms with Crippen LogP contribution in [0.25, 0.3) is 22.3 Å². The molecular formula is C21H12ClFN2O2. The van der Waals surface area contributed by atoms with Crippen molar-refractivity contribution < 1.29 is 13.9 Å². The topological polar surface area (TPSA) is 44.1 Å². The predicted octanol–water partition coefficient (Wildman–Crippen LogP) is 5.08. The van der Waals surface area contributed by atoms with Gasteiger partial charge in [0, 0.05) is 22.2 Å². The average Bonchev–Trinajstić information content (AvgIpc) is 3.24. The number of carbonyl (C=O) groups is 1. The second kappa shape index (κ2) is 5.93. The van der Waals surface area contributed by atoms with E-state index in [1.54, 1.807) is 48.7 Å². The summed E-state index contributed by atoms with van der Waals surface area (Å²) < 4.78 is 21.5. The smallest absolute Gasteiger partial charge is 0.268 e. The molecule has 1 aliphatic rings. The molecule has 0 atom stereocenters. The van der Waals surface area contributed by atoms with Gasteiger partial charge in [-0.3, -0.25) is 9.36 Å². The lowest BCUT2D eigenvalue weighted by Crippen LogP contribution is -2.08. The molecule has 132 valence electrons. The molecule has 0 fully saturated rings. The first-order valence-electron chi connectivity index (χ1n) is 8.35. The van der Waals surface area contributed by atoms with E-state index in [2.05, 4.69) is 4.98 Å². The quantitative estimate of drug-likeness (QED) is 0.440. The number of halogens is 2. The number of aromatic nitrogens is 2. The van der Waals surface area contributed by atoms with Crippen LogP contribution in [0, 0.1) is 5.82 Å². The van der Waals surface area contributed by atoms with Crippen molar-refractivity contribution in [2.45, 2.75) is 6.61 Å². The molecular weight excluding hydrogens is 367 g/mol. The minimum Gasteiger partial charge on any atom is -0.487 e. The first kappa shape index (κ1) is 16.0. The predicted molar refractivity (Wildman–Crippen MR) is 101 cm³/mol. The second-order valence-corrected chi connectivity index (χ2v) is 6.71. The largest absolute Gasteiger partial charge is 0.487 e. The zero-order valence-corrected chi connectivity index (χ0v) is 14.7. The van der Waals surface area contributed by atoms with E-state index < -0.39 is 0 Å². The second-order valence-electron chi connectivity index (χ2n) is 6.27. The highest BCUT2D eigenvalue weighted by atomic mass is 35.5. The van der Waals surface area contributed by atoms with Crippen LogP contribution in [0.15, 0.2) is 60.8 Å². The molecule has 0 saturated heterocycles. The van der Waals surface area contributed by atoms with Crippen LogP contribution in [-0.4, -0.2) is 15.5 Å². The van der Waals surface area contributed by atoms with Crippen LogP contribution in [0.1, 0.15) is 15.9 Å². The Bertz CT molecular complexity index is 1230. The lowest BCUT2D eigenvalue weighted by atomic mass is 10.1. The molecule has 27 heavy (non-hydrogen) atoms. The molecule has 0 radical (unpaired) electrons. The number of benzene rings is 2. The molecule has 0 N–H and O–H groups in total. The number of ether oxygens (including phenoxy) is 1. The number of pyridine rings is 1. The lowest BCUT2D eigenvalue weighted by Gasteiger charge is -2.13. The molecule has 6 heteroatoms. The molecule has 0 bridgehead atoms. The normalized spacial score (nSPS) is 12.3. The summed E-state index contributed by atoms with van der Waals surface area (Å²) in [5.41, 5.74) is 2.66. The summed E-state index contributed by atoms with van der Waals surface area (Å²) in [5.74, 6) is -0.172. The Morgan fingerprint density at radius 1 is 1.11 bits per heavy atom. The van der Waals surface area contributed by atoms with Crippen LogP contribution in [-0.2, 0) is 6.61 Å². The van der Waals surface area contributed by atoms with Gasteiger partial charge in [-0.25, -0.2) is 9.37 Å². The number of hydrogen-bond donors (Lipinski definition) is 0. The molecule has 0 unspecified atom stereocenters. The summed E-state index contributed by atoms with van der Waals surface area (Å²) >= 11 is 6.12. The van der Waals surface area contributed by atoms with Crippen LogP contribution in [0.2, 0.25) is 5.02 Å². The summed E-state index contributed by atoms with van der Waals surface area (Å²) in [6.45, 7) is 0.00300. The van der Waals surface area contributed by atoms with Crippen LogP contribution in [0.4, 0.5) is 4.39 Å². The highest BCUT2D eigenvalue weighted by Crippen LogP contribution is 2.41. The van der Waals surface area contributed by atoms with Crippen LogP contribution in [0.3, 0.4) is 0 Å². The SMILES string of the molecule is O=C1c2c(nc3cc(Cl)ccc3c2OCc2ccccc2F)-c2cccn21. The molecule has 0 aliphatic carbocycles. The van der Waals surface area contributed by atoms with Crippen LogP contribution < -0.4 is 4.74 Å². The molecule has 3 heterocycles. The summed E-state index contributed by atoms with van der Waals surface area (Å²) in [6, 6.07) is 15.2. The molecule has 1 aliphatic heterocycles. The van der Waals surface area contributed by atoms with Gasteiger partial charge in [0.05, 0.1) is 11.2 Å². The third-order valence-corrected chi connectivity index (χ3v) is 4.89. The van der Waals surface area contributed by atoms with Crippen molar-refractivity contribution in [2.24, 2.45) is 0 Å². The van der Waals surface area contributed by atoms with Crippen molar-refractivity contribution >= 4 is 28.4 Å². The fraction of sp³-hybridized carbons (Fsp3) is 0.0476. The molecule has 2 aromatic heterocycles. The van der Waals surface area contributed by atoms with Gasteiger partial charge in [0.1, 0.15) is 29.4 Å². The zero-order chi connectivity index (χ0) is 18.5. The van der Waals surface area contributed by atoms with Crippen molar-refractivity contribution in [3.63, 3.8) is 0 Å². The summed E-state index contributed by atoms with van der Waals surface area (Å²) in [7, 11) is 0. The third-order valence-electron chi connectivity index (χ3n) is 4.65. The summed E-state index contributed by atoms with van der Waals surface area (Å²) in [4.78, 5) is 17.5. The number of fused-ring (bicyclic) bond motifs is 4. The minimum absolute atomic E-state index is 0.00300. The number of carbonyl (C=O) groups excluding carboxylic acids is 1. The van der Waals surface area contributed by atoms with E-state index in [1.165, 1.54) is 10.6 Å². The van der Waals surface area contributed by atoms with Gasteiger partial charge in [0.25, 0.3) is 5.91 Å². The Morgan fingerprint density at radius 3 is 2.81 bits per heavy atom. The Balaban J connectivity index is 1.70. The van der Waals surface area contributed by atoms with Gasteiger partial charge in [-0.15, -0.1) is 0 Å². The molecule has 4 nitrogen and oxygen atoms in total. The van der Waals surface area contributed by atoms with Crippen molar-refractivity contribution in [3.05, 3.63) is 82.8 Å². The molecule has 0 spiro atoms. The zero-order valence-electron chi connectivity index (χ0n) is 13.9. The van der Waals surface area contributed by atoms with E-state index >= 15 is 0 Å². The van der Waals surface area contributed by atoms with Gasteiger partial charge in [0.15, 0.2) is 0 Å². The lowest BCUT2D eigenvalue weighted by molar-refractivity contribution is 0.0965. The molecule has 5 rings (SSSR count).